The second kappa shape index (κ2) is 7.18. The largest absolute Gasteiger partial charge is 0.408 e. The third-order valence-electron chi connectivity index (χ3n) is 4.65. The molecular weight excluding hydrogens is 409 g/mol. The van der Waals surface area contributed by atoms with Crippen LogP contribution in [0.15, 0.2) is 24.5 Å². The van der Waals surface area contributed by atoms with Crippen molar-refractivity contribution in [3.63, 3.8) is 0 Å². The molecule has 4 heterocycles. The molecule has 0 aliphatic carbocycles. The third-order valence-corrected chi connectivity index (χ3v) is 4.65. The van der Waals surface area contributed by atoms with Crippen molar-refractivity contribution in [3.8, 4) is 11.3 Å². The minimum Gasteiger partial charge on any atom is -0.345 e. The fourth-order valence-electron chi connectivity index (χ4n) is 3.09. The van der Waals surface area contributed by atoms with Gasteiger partial charge in [0, 0.05) is 23.3 Å². The number of hydrogen-bond acceptors (Lipinski definition) is 5. The summed E-state index contributed by atoms with van der Waals surface area (Å²) in [6, 6.07) is 1.54. The summed E-state index contributed by atoms with van der Waals surface area (Å²) in [5, 5.41) is 2.74. The Bertz CT molecular complexity index is 1210. The molecule has 0 saturated heterocycles. The standard InChI is InChI=1S/C18H16F5N7/c1-8(18(21,22)23)26-17-25-6-11-10(5-24-15(11)29-17)12-3-4-13-16(28-12)30(7-14(19)20)9(2)27-13/h3-6,8,14H,7H2,1-2H3,(H2,24,25,26,29)/t8-/m1/s1. The highest BCUT2D eigenvalue weighted by molar-refractivity contribution is 5.93. The highest BCUT2D eigenvalue weighted by atomic mass is 19.4. The van der Waals surface area contributed by atoms with Gasteiger partial charge in [0.2, 0.25) is 5.95 Å². The number of alkyl halides is 5. The topological polar surface area (TPSA) is 84.3 Å². The fourth-order valence-corrected chi connectivity index (χ4v) is 3.09. The maximum atomic E-state index is 12.9. The van der Waals surface area contributed by atoms with E-state index in [1.165, 1.54) is 10.8 Å². The van der Waals surface area contributed by atoms with E-state index in [9.17, 15) is 22.0 Å². The molecule has 4 aromatic heterocycles. The Morgan fingerprint density at radius 1 is 1.17 bits per heavy atom. The first kappa shape index (κ1) is 20.0. The Morgan fingerprint density at radius 2 is 1.93 bits per heavy atom. The lowest BCUT2D eigenvalue weighted by atomic mass is 10.1. The van der Waals surface area contributed by atoms with Gasteiger partial charge in [-0.1, -0.05) is 0 Å². The van der Waals surface area contributed by atoms with Crippen LogP contribution in [-0.4, -0.2) is 48.1 Å². The molecule has 0 amide bonds. The highest BCUT2D eigenvalue weighted by Crippen LogP contribution is 2.29. The van der Waals surface area contributed by atoms with Crippen LogP contribution in [0.3, 0.4) is 0 Å². The molecule has 0 spiro atoms. The van der Waals surface area contributed by atoms with Crippen molar-refractivity contribution >= 4 is 28.1 Å². The average Bonchev–Trinajstić information content (AvgIpc) is 3.21. The summed E-state index contributed by atoms with van der Waals surface area (Å²) in [6.45, 7) is 2.07. The molecule has 0 saturated carbocycles. The average molecular weight is 425 g/mol. The predicted octanol–water partition coefficient (Wildman–Crippen LogP) is 4.31. The van der Waals surface area contributed by atoms with Gasteiger partial charge in [-0.05, 0) is 26.0 Å². The van der Waals surface area contributed by atoms with Crippen molar-refractivity contribution in [2.75, 3.05) is 5.32 Å². The molecule has 1 atom stereocenters. The van der Waals surface area contributed by atoms with E-state index in [1.54, 1.807) is 25.3 Å². The number of halogens is 5. The summed E-state index contributed by atoms with van der Waals surface area (Å²) in [4.78, 5) is 19.6. The molecule has 0 bridgehead atoms. The van der Waals surface area contributed by atoms with Gasteiger partial charge in [0.05, 0.1) is 12.2 Å². The molecule has 0 unspecified atom stereocenters. The number of rotatable bonds is 5. The van der Waals surface area contributed by atoms with Crippen LogP contribution >= 0.6 is 0 Å². The normalized spacial score (nSPS) is 13.5. The van der Waals surface area contributed by atoms with Crippen molar-refractivity contribution < 1.29 is 22.0 Å². The molecule has 4 aromatic rings. The second-order valence-corrected chi connectivity index (χ2v) is 6.77. The Kier molecular flexibility index (Phi) is 4.79. The van der Waals surface area contributed by atoms with E-state index in [-0.39, 0.29) is 5.95 Å². The zero-order chi connectivity index (χ0) is 21.6. The molecule has 7 nitrogen and oxygen atoms in total. The van der Waals surface area contributed by atoms with Crippen molar-refractivity contribution in [1.29, 1.82) is 0 Å². The quantitative estimate of drug-likeness (QED) is 0.466. The highest BCUT2D eigenvalue weighted by Gasteiger charge is 2.36. The lowest BCUT2D eigenvalue weighted by Crippen LogP contribution is -2.33. The summed E-state index contributed by atoms with van der Waals surface area (Å²) in [5.41, 5.74) is 2.18. The van der Waals surface area contributed by atoms with Gasteiger partial charge in [0.15, 0.2) is 5.65 Å². The molecule has 0 aliphatic rings. The van der Waals surface area contributed by atoms with Crippen molar-refractivity contribution in [3.05, 3.63) is 30.4 Å². The van der Waals surface area contributed by atoms with E-state index in [1.807, 2.05) is 0 Å². The summed E-state index contributed by atoms with van der Waals surface area (Å²) in [7, 11) is 0. The lowest BCUT2D eigenvalue weighted by molar-refractivity contribution is -0.138. The number of aromatic nitrogens is 6. The molecule has 158 valence electrons. The van der Waals surface area contributed by atoms with Crippen LogP contribution in [0.1, 0.15) is 12.7 Å². The SMILES string of the molecule is Cc1nc2ccc(-c3c[nH]c4nc(N[C@H](C)C(F)(F)F)ncc34)nc2n1CC(F)F. The van der Waals surface area contributed by atoms with E-state index >= 15 is 0 Å². The Labute approximate surface area is 166 Å². The zero-order valence-corrected chi connectivity index (χ0v) is 15.8. The van der Waals surface area contributed by atoms with Gasteiger partial charge in [-0.15, -0.1) is 0 Å². The maximum Gasteiger partial charge on any atom is 0.408 e. The van der Waals surface area contributed by atoms with Crippen molar-refractivity contribution in [2.24, 2.45) is 0 Å². The van der Waals surface area contributed by atoms with E-state index in [4.69, 9.17) is 0 Å². The number of hydrogen-bond donors (Lipinski definition) is 2. The fraction of sp³-hybridized carbons (Fsp3) is 0.333. The van der Waals surface area contributed by atoms with Crippen LogP contribution < -0.4 is 5.32 Å². The van der Waals surface area contributed by atoms with Gasteiger partial charge in [-0.3, -0.25) is 0 Å². The van der Waals surface area contributed by atoms with E-state index in [0.29, 0.717) is 39.3 Å². The van der Waals surface area contributed by atoms with Gasteiger partial charge < -0.3 is 14.9 Å². The predicted molar refractivity (Wildman–Crippen MR) is 100 cm³/mol. The first-order chi connectivity index (χ1) is 14.1. The Balaban J connectivity index is 1.72. The molecule has 0 fully saturated rings. The maximum absolute atomic E-state index is 12.9. The number of aryl methyl sites for hydroxylation is 1. The number of nitrogens with zero attached hydrogens (tertiary/aromatic N) is 5. The number of imidazole rings is 1. The van der Waals surface area contributed by atoms with E-state index in [2.05, 4.69) is 30.2 Å². The summed E-state index contributed by atoms with van der Waals surface area (Å²) in [6.07, 6.45) is -4.02. The number of pyridine rings is 1. The van der Waals surface area contributed by atoms with Gasteiger partial charge in [0.25, 0.3) is 6.43 Å². The molecule has 30 heavy (non-hydrogen) atoms. The van der Waals surface area contributed by atoms with Crippen LogP contribution in [0, 0.1) is 6.92 Å². The molecular formula is C18H16F5N7. The summed E-state index contributed by atoms with van der Waals surface area (Å²) >= 11 is 0. The van der Waals surface area contributed by atoms with Crippen molar-refractivity contribution in [1.82, 2.24) is 29.5 Å². The second-order valence-electron chi connectivity index (χ2n) is 6.77. The van der Waals surface area contributed by atoms with Crippen molar-refractivity contribution in [2.45, 2.75) is 39.0 Å². The summed E-state index contributed by atoms with van der Waals surface area (Å²) < 4.78 is 65.4. The zero-order valence-electron chi connectivity index (χ0n) is 15.8. The Morgan fingerprint density at radius 3 is 2.63 bits per heavy atom. The minimum atomic E-state index is -4.43. The smallest absolute Gasteiger partial charge is 0.345 e. The van der Waals surface area contributed by atoms with Crippen LogP contribution in [0.5, 0.6) is 0 Å². The van der Waals surface area contributed by atoms with Gasteiger partial charge >= 0.3 is 6.18 Å². The number of H-pyrrole nitrogens is 1. The van der Waals surface area contributed by atoms with Gasteiger partial charge in [0.1, 0.15) is 23.0 Å². The van der Waals surface area contributed by atoms with E-state index < -0.39 is 25.2 Å². The Hall–Kier alpha value is -3.31. The first-order valence-electron chi connectivity index (χ1n) is 8.93. The summed E-state index contributed by atoms with van der Waals surface area (Å²) in [5.74, 6) is 0.251. The molecule has 0 radical (unpaired) electrons. The number of nitrogens with one attached hydrogen (secondary N) is 2. The van der Waals surface area contributed by atoms with Crippen LogP contribution in [0.25, 0.3) is 33.5 Å². The first-order valence-corrected chi connectivity index (χ1v) is 8.93. The van der Waals surface area contributed by atoms with Gasteiger partial charge in [-0.2, -0.15) is 18.2 Å². The third kappa shape index (κ3) is 3.64. The molecule has 0 aromatic carbocycles. The monoisotopic (exact) mass is 425 g/mol. The lowest BCUT2D eigenvalue weighted by Gasteiger charge is -2.16. The molecule has 4 rings (SSSR count). The number of anilines is 1. The molecule has 12 heteroatoms. The number of fused-ring (bicyclic) bond motifs is 2. The van der Waals surface area contributed by atoms with Gasteiger partial charge in [-0.25, -0.2) is 23.7 Å². The molecule has 2 N–H and O–H groups in total. The van der Waals surface area contributed by atoms with E-state index in [0.717, 1.165) is 6.92 Å². The van der Waals surface area contributed by atoms with Crippen LogP contribution in [0.4, 0.5) is 27.9 Å². The molecule has 0 aliphatic heterocycles. The minimum absolute atomic E-state index is 0.172. The van der Waals surface area contributed by atoms with Crippen LogP contribution in [0.2, 0.25) is 0 Å². The number of aromatic amines is 1. The van der Waals surface area contributed by atoms with Crippen LogP contribution in [-0.2, 0) is 6.54 Å².